The molecule has 0 aromatic heterocycles. The molecule has 0 fully saturated rings. The molecule has 0 aliphatic rings. The van der Waals surface area contributed by atoms with Crippen LogP contribution in [0.5, 0.6) is 5.75 Å². The molecule has 0 aliphatic carbocycles. The Balaban J connectivity index is 3.03. The zero-order valence-electron chi connectivity index (χ0n) is 4.46. The van der Waals surface area contributed by atoms with E-state index >= 15 is 0 Å². The Morgan fingerprint density at radius 3 is 2.00 bits per heavy atom. The Morgan fingerprint density at radius 1 is 1.12 bits per heavy atom. The fourth-order valence-electron chi connectivity index (χ4n) is 0.496. The first-order chi connectivity index (χ1) is 3.79. The molecule has 0 spiro atoms. The highest BCUT2D eigenvalue weighted by Crippen LogP contribution is 2.07. The topological polar surface area (TPSA) is 20.2 Å². The van der Waals surface area contributed by atoms with E-state index < -0.39 is 0 Å². The van der Waals surface area contributed by atoms with Crippen molar-refractivity contribution < 1.29 is 5.11 Å². The monoisotopic (exact) mass is 107 g/mol. The van der Waals surface area contributed by atoms with Crippen LogP contribution >= 0.6 is 0 Å². The second-order valence-electron chi connectivity index (χ2n) is 1.67. The van der Waals surface area contributed by atoms with E-state index in [0.717, 1.165) is 5.56 Å². The lowest BCUT2D eigenvalue weighted by Gasteiger charge is -1.89. The van der Waals surface area contributed by atoms with Crippen molar-refractivity contribution in [2.75, 3.05) is 0 Å². The van der Waals surface area contributed by atoms with Crippen LogP contribution in [-0.2, 0) is 0 Å². The van der Waals surface area contributed by atoms with E-state index in [2.05, 4.69) is 6.92 Å². The Kier molecular flexibility index (Phi) is 1.20. The average Bonchev–Trinajstić information content (AvgIpc) is 1.77. The SMILES string of the molecule is [CH2]c1ccc(O)cc1. The van der Waals surface area contributed by atoms with Gasteiger partial charge < -0.3 is 5.11 Å². The normalized spacial score (nSPS) is 9.12. The molecule has 41 valence electrons. The standard InChI is InChI=1S/C7H7O/c1-6-2-4-7(8)5-3-6/h2-5,8H,1H2. The number of rotatable bonds is 0. The van der Waals surface area contributed by atoms with Gasteiger partial charge in [-0.05, 0) is 24.6 Å². The molecule has 1 nitrogen and oxygen atoms in total. The van der Waals surface area contributed by atoms with Gasteiger partial charge in [0.05, 0.1) is 0 Å². The molecule has 0 saturated carbocycles. The van der Waals surface area contributed by atoms with Crippen molar-refractivity contribution in [3.05, 3.63) is 36.8 Å². The molecule has 0 amide bonds. The molecule has 1 rings (SSSR count). The summed E-state index contributed by atoms with van der Waals surface area (Å²) < 4.78 is 0. The molecule has 1 N–H and O–H groups in total. The third-order valence-electron chi connectivity index (χ3n) is 0.936. The number of benzene rings is 1. The summed E-state index contributed by atoms with van der Waals surface area (Å²) in [5.41, 5.74) is 0.919. The van der Waals surface area contributed by atoms with Crippen molar-refractivity contribution in [3.63, 3.8) is 0 Å². The number of phenolic OH excluding ortho intramolecular Hbond substituents is 1. The van der Waals surface area contributed by atoms with Crippen LogP contribution in [0.4, 0.5) is 0 Å². The summed E-state index contributed by atoms with van der Waals surface area (Å²) in [7, 11) is 0. The van der Waals surface area contributed by atoms with Crippen molar-refractivity contribution in [1.29, 1.82) is 0 Å². The second-order valence-corrected chi connectivity index (χ2v) is 1.67. The molecule has 1 aromatic carbocycles. The van der Waals surface area contributed by atoms with Gasteiger partial charge in [-0.2, -0.15) is 0 Å². The Labute approximate surface area is 48.6 Å². The number of aromatic hydroxyl groups is 1. The minimum absolute atomic E-state index is 0.289. The van der Waals surface area contributed by atoms with Crippen LogP contribution in [0.1, 0.15) is 5.56 Å². The quantitative estimate of drug-likeness (QED) is 0.533. The van der Waals surface area contributed by atoms with E-state index in [9.17, 15) is 0 Å². The maximum absolute atomic E-state index is 8.73. The van der Waals surface area contributed by atoms with Gasteiger partial charge in [0, 0.05) is 0 Å². The predicted molar refractivity (Wildman–Crippen MR) is 32.6 cm³/mol. The minimum atomic E-state index is 0.289. The van der Waals surface area contributed by atoms with E-state index in [4.69, 9.17) is 5.11 Å². The highest BCUT2D eigenvalue weighted by Gasteiger charge is 1.82. The molecule has 8 heavy (non-hydrogen) atoms. The molecular weight excluding hydrogens is 100 g/mol. The van der Waals surface area contributed by atoms with Crippen LogP contribution < -0.4 is 0 Å². The molecule has 1 radical (unpaired) electrons. The molecule has 0 bridgehead atoms. The highest BCUT2D eigenvalue weighted by molar-refractivity contribution is 5.27. The van der Waals surface area contributed by atoms with Crippen LogP contribution in [0.15, 0.2) is 24.3 Å². The van der Waals surface area contributed by atoms with Crippen LogP contribution in [0.3, 0.4) is 0 Å². The Bertz CT molecular complexity index is 143. The van der Waals surface area contributed by atoms with Crippen molar-refractivity contribution in [3.8, 4) is 5.75 Å². The van der Waals surface area contributed by atoms with Gasteiger partial charge in [0.1, 0.15) is 5.75 Å². The predicted octanol–water partition coefficient (Wildman–Crippen LogP) is 1.57. The lowest BCUT2D eigenvalue weighted by atomic mass is 10.2. The maximum Gasteiger partial charge on any atom is 0.115 e. The Morgan fingerprint density at radius 2 is 1.62 bits per heavy atom. The highest BCUT2D eigenvalue weighted by atomic mass is 16.3. The zero-order valence-corrected chi connectivity index (χ0v) is 4.46. The largest absolute Gasteiger partial charge is 0.508 e. The van der Waals surface area contributed by atoms with Crippen LogP contribution in [0.2, 0.25) is 0 Å². The van der Waals surface area contributed by atoms with Gasteiger partial charge in [0.2, 0.25) is 0 Å². The van der Waals surface area contributed by atoms with E-state index in [1.165, 1.54) is 0 Å². The first-order valence-electron chi connectivity index (χ1n) is 2.40. The maximum atomic E-state index is 8.73. The van der Waals surface area contributed by atoms with Crippen molar-refractivity contribution in [2.45, 2.75) is 0 Å². The summed E-state index contributed by atoms with van der Waals surface area (Å²) in [5, 5.41) is 8.73. The number of hydrogen-bond donors (Lipinski definition) is 1. The van der Waals surface area contributed by atoms with Gasteiger partial charge in [-0.15, -0.1) is 0 Å². The van der Waals surface area contributed by atoms with Crippen LogP contribution in [0, 0.1) is 6.92 Å². The summed E-state index contributed by atoms with van der Waals surface area (Å²) in [6.07, 6.45) is 0. The third-order valence-corrected chi connectivity index (χ3v) is 0.936. The fourth-order valence-corrected chi connectivity index (χ4v) is 0.496. The molecular formula is C7H7O. The summed E-state index contributed by atoms with van der Waals surface area (Å²) in [6, 6.07) is 6.75. The van der Waals surface area contributed by atoms with E-state index in [1.807, 2.05) is 0 Å². The summed E-state index contributed by atoms with van der Waals surface area (Å²) in [4.78, 5) is 0. The van der Waals surface area contributed by atoms with Gasteiger partial charge >= 0.3 is 0 Å². The second kappa shape index (κ2) is 1.86. The van der Waals surface area contributed by atoms with E-state index in [-0.39, 0.29) is 5.75 Å². The average molecular weight is 107 g/mol. The van der Waals surface area contributed by atoms with Crippen molar-refractivity contribution in [2.24, 2.45) is 0 Å². The van der Waals surface area contributed by atoms with Crippen LogP contribution in [0.25, 0.3) is 0 Å². The molecule has 1 aromatic rings. The summed E-state index contributed by atoms with van der Waals surface area (Å²) in [5.74, 6) is 0.289. The first kappa shape index (κ1) is 5.16. The summed E-state index contributed by atoms with van der Waals surface area (Å²) in [6.45, 7) is 3.65. The molecule has 0 saturated heterocycles. The minimum Gasteiger partial charge on any atom is -0.508 e. The van der Waals surface area contributed by atoms with Gasteiger partial charge in [-0.3, -0.25) is 0 Å². The zero-order chi connectivity index (χ0) is 5.98. The van der Waals surface area contributed by atoms with Gasteiger partial charge in [0.15, 0.2) is 0 Å². The van der Waals surface area contributed by atoms with Crippen molar-refractivity contribution in [1.82, 2.24) is 0 Å². The lowest BCUT2D eigenvalue weighted by Crippen LogP contribution is -1.66. The first-order valence-corrected chi connectivity index (χ1v) is 2.40. The van der Waals surface area contributed by atoms with Crippen LogP contribution in [-0.4, -0.2) is 5.11 Å². The fraction of sp³-hybridized carbons (Fsp3) is 0. The van der Waals surface area contributed by atoms with E-state index in [0.29, 0.717) is 0 Å². The van der Waals surface area contributed by atoms with Gasteiger partial charge in [0.25, 0.3) is 0 Å². The lowest BCUT2D eigenvalue weighted by molar-refractivity contribution is 0.475. The number of phenols is 1. The molecule has 0 aliphatic heterocycles. The molecule has 0 heterocycles. The van der Waals surface area contributed by atoms with Gasteiger partial charge in [-0.25, -0.2) is 0 Å². The number of hydrogen-bond acceptors (Lipinski definition) is 1. The summed E-state index contributed by atoms with van der Waals surface area (Å²) >= 11 is 0. The van der Waals surface area contributed by atoms with Gasteiger partial charge in [-0.1, -0.05) is 12.1 Å². The smallest absolute Gasteiger partial charge is 0.115 e. The molecule has 0 unspecified atom stereocenters. The Hall–Kier alpha value is -0.980. The third kappa shape index (κ3) is 0.997. The van der Waals surface area contributed by atoms with Crippen molar-refractivity contribution >= 4 is 0 Å². The molecule has 0 atom stereocenters. The molecule has 1 heteroatoms. The van der Waals surface area contributed by atoms with E-state index in [1.54, 1.807) is 24.3 Å².